The van der Waals surface area contributed by atoms with Crippen molar-refractivity contribution in [1.29, 1.82) is 0 Å². The van der Waals surface area contributed by atoms with E-state index in [0.717, 1.165) is 37.5 Å². The minimum absolute atomic E-state index is 0.0580. The molecular formula is C19H22N6O2. The van der Waals surface area contributed by atoms with Crippen LogP contribution in [0.3, 0.4) is 0 Å². The molecule has 1 aliphatic heterocycles. The van der Waals surface area contributed by atoms with Gasteiger partial charge in [-0.1, -0.05) is 0 Å². The molecule has 140 valence electrons. The molecule has 4 rings (SSSR count). The van der Waals surface area contributed by atoms with Gasteiger partial charge < -0.3 is 14.2 Å². The summed E-state index contributed by atoms with van der Waals surface area (Å²) in [5.74, 6) is 1.63. The van der Waals surface area contributed by atoms with Gasteiger partial charge in [0.05, 0.1) is 6.04 Å². The van der Waals surface area contributed by atoms with E-state index < -0.39 is 0 Å². The molecule has 27 heavy (non-hydrogen) atoms. The number of aryl methyl sites for hydroxylation is 1. The number of carbonyl (C=O) groups excluding carboxylic acids is 1. The predicted octanol–water partition coefficient (Wildman–Crippen LogP) is 2.07. The molecule has 1 aliphatic rings. The number of imidazole rings is 1. The number of ether oxygens (including phenoxy) is 1. The molecule has 0 spiro atoms. The van der Waals surface area contributed by atoms with Crippen LogP contribution in [0.2, 0.25) is 0 Å². The van der Waals surface area contributed by atoms with Gasteiger partial charge in [0.2, 0.25) is 0 Å². The van der Waals surface area contributed by atoms with Crippen molar-refractivity contribution in [1.82, 2.24) is 29.2 Å². The van der Waals surface area contributed by atoms with Crippen LogP contribution < -0.4 is 4.74 Å². The fourth-order valence-corrected chi connectivity index (χ4v) is 3.30. The zero-order valence-corrected chi connectivity index (χ0v) is 15.2. The molecule has 0 aliphatic carbocycles. The van der Waals surface area contributed by atoms with Gasteiger partial charge in [-0.2, -0.15) is 5.10 Å². The first-order valence-corrected chi connectivity index (χ1v) is 9.03. The molecule has 0 saturated carbocycles. The third kappa shape index (κ3) is 3.84. The van der Waals surface area contributed by atoms with E-state index in [1.54, 1.807) is 18.9 Å². The molecule has 1 aromatic carbocycles. The second-order valence-corrected chi connectivity index (χ2v) is 6.67. The highest BCUT2D eigenvalue weighted by molar-refractivity contribution is 5.94. The molecule has 0 radical (unpaired) electrons. The number of hydrogen-bond donors (Lipinski definition) is 0. The summed E-state index contributed by atoms with van der Waals surface area (Å²) in [5, 5.41) is 4.20. The molecule has 0 N–H and O–H groups in total. The van der Waals surface area contributed by atoms with Crippen molar-refractivity contribution in [2.45, 2.75) is 25.5 Å². The Morgan fingerprint density at radius 3 is 2.63 bits per heavy atom. The Kier molecular flexibility index (Phi) is 4.86. The summed E-state index contributed by atoms with van der Waals surface area (Å²) < 4.78 is 9.54. The zero-order chi connectivity index (χ0) is 18.6. The highest BCUT2D eigenvalue weighted by Crippen LogP contribution is 2.23. The summed E-state index contributed by atoms with van der Waals surface area (Å²) in [6.45, 7) is 1.84. The minimum Gasteiger partial charge on any atom is -0.486 e. The van der Waals surface area contributed by atoms with Gasteiger partial charge in [-0.25, -0.2) is 14.6 Å². The van der Waals surface area contributed by atoms with Crippen molar-refractivity contribution in [2.75, 3.05) is 13.1 Å². The van der Waals surface area contributed by atoms with Crippen molar-refractivity contribution in [3.63, 3.8) is 0 Å². The average molecular weight is 366 g/mol. The van der Waals surface area contributed by atoms with Crippen LogP contribution in [0.25, 0.3) is 0 Å². The summed E-state index contributed by atoms with van der Waals surface area (Å²) in [5.41, 5.74) is 0.679. The van der Waals surface area contributed by atoms with Gasteiger partial charge >= 0.3 is 0 Å². The maximum atomic E-state index is 12.7. The van der Waals surface area contributed by atoms with Crippen molar-refractivity contribution < 1.29 is 9.53 Å². The SMILES string of the molecule is Cn1ccnc1COc1ccc(C(=O)N2CCC(n3cncn3)CC2)cc1. The zero-order valence-electron chi connectivity index (χ0n) is 15.2. The highest BCUT2D eigenvalue weighted by atomic mass is 16.5. The Hall–Kier alpha value is -3.16. The molecular weight excluding hydrogens is 344 g/mol. The van der Waals surface area contributed by atoms with E-state index in [9.17, 15) is 4.79 Å². The predicted molar refractivity (Wildman–Crippen MR) is 98.2 cm³/mol. The first-order chi connectivity index (χ1) is 13.2. The number of nitrogens with zero attached hydrogens (tertiary/aromatic N) is 6. The number of hydrogen-bond acceptors (Lipinski definition) is 5. The molecule has 0 unspecified atom stereocenters. The number of likely N-dealkylation sites (tertiary alicyclic amines) is 1. The lowest BCUT2D eigenvalue weighted by Crippen LogP contribution is -2.39. The van der Waals surface area contributed by atoms with E-state index in [4.69, 9.17) is 4.74 Å². The van der Waals surface area contributed by atoms with Gasteiger partial charge in [-0.3, -0.25) is 4.79 Å². The second kappa shape index (κ2) is 7.61. The molecule has 3 heterocycles. The summed E-state index contributed by atoms with van der Waals surface area (Å²) in [4.78, 5) is 22.9. The molecule has 1 fully saturated rings. The van der Waals surface area contributed by atoms with Crippen molar-refractivity contribution in [2.24, 2.45) is 7.05 Å². The third-order valence-electron chi connectivity index (χ3n) is 4.95. The highest BCUT2D eigenvalue weighted by Gasteiger charge is 2.24. The maximum absolute atomic E-state index is 12.7. The first kappa shape index (κ1) is 17.3. The van der Waals surface area contributed by atoms with Gasteiger partial charge in [-0.05, 0) is 37.1 Å². The number of rotatable bonds is 5. The van der Waals surface area contributed by atoms with Gasteiger partial charge in [-0.15, -0.1) is 0 Å². The molecule has 0 bridgehead atoms. The topological polar surface area (TPSA) is 78.1 Å². The molecule has 1 saturated heterocycles. The number of piperidine rings is 1. The lowest BCUT2D eigenvalue weighted by Gasteiger charge is -2.32. The summed E-state index contributed by atoms with van der Waals surface area (Å²) in [6, 6.07) is 7.62. The monoisotopic (exact) mass is 366 g/mol. The fraction of sp³-hybridized carbons (Fsp3) is 0.368. The largest absolute Gasteiger partial charge is 0.486 e. The molecule has 3 aromatic rings. The van der Waals surface area contributed by atoms with Crippen LogP contribution in [0.15, 0.2) is 49.3 Å². The number of benzene rings is 1. The Morgan fingerprint density at radius 1 is 1.22 bits per heavy atom. The molecule has 8 heteroatoms. The maximum Gasteiger partial charge on any atom is 0.253 e. The molecule has 0 atom stereocenters. The minimum atomic E-state index is 0.0580. The van der Waals surface area contributed by atoms with Gasteiger partial charge in [0.15, 0.2) is 0 Å². The van der Waals surface area contributed by atoms with Crippen LogP contribution in [0.4, 0.5) is 0 Å². The van der Waals surface area contributed by atoms with E-state index in [-0.39, 0.29) is 5.91 Å². The van der Waals surface area contributed by atoms with E-state index in [1.165, 1.54) is 0 Å². The molecule has 1 amide bonds. The number of carbonyl (C=O) groups is 1. The normalized spacial score (nSPS) is 15.1. The average Bonchev–Trinajstić information content (AvgIpc) is 3.38. The Balaban J connectivity index is 1.32. The third-order valence-corrected chi connectivity index (χ3v) is 4.95. The Bertz CT molecular complexity index is 879. The first-order valence-electron chi connectivity index (χ1n) is 9.03. The number of aromatic nitrogens is 5. The van der Waals surface area contributed by atoms with Crippen molar-refractivity contribution in [3.8, 4) is 5.75 Å². The standard InChI is InChI=1S/C19H22N6O2/c1-23-11-8-21-18(23)12-27-17-4-2-15(3-5-17)19(26)24-9-6-16(7-10-24)25-14-20-13-22-25/h2-5,8,11,13-14,16H,6-7,9-10,12H2,1H3. The lowest BCUT2D eigenvalue weighted by molar-refractivity contribution is 0.0690. The van der Waals surface area contributed by atoms with Crippen LogP contribution in [0, 0.1) is 0 Å². The Morgan fingerprint density at radius 2 is 2.00 bits per heavy atom. The summed E-state index contributed by atoms with van der Waals surface area (Å²) in [6.07, 6.45) is 8.69. The van der Waals surface area contributed by atoms with Gasteiger partial charge in [0.1, 0.15) is 30.8 Å². The summed E-state index contributed by atoms with van der Waals surface area (Å²) in [7, 11) is 1.93. The van der Waals surface area contributed by atoms with Crippen LogP contribution >= 0.6 is 0 Å². The van der Waals surface area contributed by atoms with E-state index >= 15 is 0 Å². The second-order valence-electron chi connectivity index (χ2n) is 6.67. The smallest absolute Gasteiger partial charge is 0.253 e. The van der Waals surface area contributed by atoms with Gasteiger partial charge in [0.25, 0.3) is 5.91 Å². The van der Waals surface area contributed by atoms with Crippen molar-refractivity contribution in [3.05, 3.63) is 60.7 Å². The van der Waals surface area contributed by atoms with Crippen LogP contribution in [0.1, 0.15) is 35.1 Å². The van der Waals surface area contributed by atoms with E-state index in [2.05, 4.69) is 15.1 Å². The number of amides is 1. The van der Waals surface area contributed by atoms with Crippen LogP contribution in [0.5, 0.6) is 5.75 Å². The lowest BCUT2D eigenvalue weighted by atomic mass is 10.0. The molecule has 2 aromatic heterocycles. The summed E-state index contributed by atoms with van der Waals surface area (Å²) >= 11 is 0. The van der Waals surface area contributed by atoms with Crippen LogP contribution in [-0.2, 0) is 13.7 Å². The Labute approximate surface area is 157 Å². The van der Waals surface area contributed by atoms with E-state index in [1.807, 2.05) is 51.7 Å². The fourth-order valence-electron chi connectivity index (χ4n) is 3.30. The quantitative estimate of drug-likeness (QED) is 0.691. The van der Waals surface area contributed by atoms with Crippen LogP contribution in [-0.4, -0.2) is 48.2 Å². The van der Waals surface area contributed by atoms with E-state index in [0.29, 0.717) is 18.2 Å². The molecule has 8 nitrogen and oxygen atoms in total. The van der Waals surface area contributed by atoms with Gasteiger partial charge in [0, 0.05) is 38.1 Å². The van der Waals surface area contributed by atoms with Crippen molar-refractivity contribution >= 4 is 5.91 Å².